The average Bonchev–Trinajstić information content (AvgIpc) is 3.03. The molecule has 1 atom stereocenters. The Morgan fingerprint density at radius 1 is 1.30 bits per heavy atom. The molecule has 0 saturated heterocycles. The minimum Gasteiger partial charge on any atom is -0.388 e. The van der Waals surface area contributed by atoms with E-state index in [4.69, 9.17) is 4.74 Å². The Hall–Kier alpha value is -1.65. The van der Waals surface area contributed by atoms with Crippen molar-refractivity contribution in [1.82, 2.24) is 9.78 Å². The average molecular weight is 272 g/mol. The summed E-state index contributed by atoms with van der Waals surface area (Å²) in [5.74, 6) is 0. The van der Waals surface area contributed by atoms with Crippen LogP contribution in [0.3, 0.4) is 0 Å². The van der Waals surface area contributed by atoms with E-state index in [-0.39, 0.29) is 0 Å². The number of fused-ring (bicyclic) bond motifs is 1. The van der Waals surface area contributed by atoms with Crippen LogP contribution in [0.25, 0.3) is 0 Å². The van der Waals surface area contributed by atoms with Gasteiger partial charge in [0, 0.05) is 18.7 Å². The molecule has 20 heavy (non-hydrogen) atoms. The highest BCUT2D eigenvalue weighted by Crippen LogP contribution is 2.25. The lowest BCUT2D eigenvalue weighted by atomic mass is 10.00. The van der Waals surface area contributed by atoms with Crippen molar-refractivity contribution in [2.75, 3.05) is 0 Å². The van der Waals surface area contributed by atoms with Gasteiger partial charge in [-0.2, -0.15) is 5.10 Å². The van der Waals surface area contributed by atoms with Crippen LogP contribution in [-0.2, 0) is 30.9 Å². The number of aryl methyl sites for hydroxylation is 2. The number of aromatic nitrogens is 2. The van der Waals surface area contributed by atoms with Crippen molar-refractivity contribution >= 4 is 0 Å². The number of aliphatic hydroxyl groups excluding tert-OH is 1. The summed E-state index contributed by atoms with van der Waals surface area (Å²) in [5.41, 5.74) is 5.46. The molecular formula is C16H20N2O2. The third kappa shape index (κ3) is 2.49. The quantitative estimate of drug-likeness (QED) is 0.930. The third-order valence-corrected chi connectivity index (χ3v) is 3.82. The number of hydrogen-bond acceptors (Lipinski definition) is 3. The van der Waals surface area contributed by atoms with Gasteiger partial charge in [0.2, 0.25) is 0 Å². The third-order valence-electron chi connectivity index (χ3n) is 3.82. The minimum atomic E-state index is -0.498. The Balaban J connectivity index is 1.80. The van der Waals surface area contributed by atoms with Gasteiger partial charge < -0.3 is 9.84 Å². The van der Waals surface area contributed by atoms with Gasteiger partial charge in [-0.05, 0) is 36.6 Å². The van der Waals surface area contributed by atoms with Gasteiger partial charge in [0.25, 0.3) is 0 Å². The van der Waals surface area contributed by atoms with Crippen LogP contribution in [-0.4, -0.2) is 14.9 Å². The molecule has 0 saturated carbocycles. The van der Waals surface area contributed by atoms with E-state index in [0.717, 1.165) is 23.5 Å². The molecule has 0 radical (unpaired) electrons. The van der Waals surface area contributed by atoms with Crippen LogP contribution in [0.2, 0.25) is 0 Å². The van der Waals surface area contributed by atoms with Crippen LogP contribution < -0.4 is 0 Å². The van der Waals surface area contributed by atoms with Gasteiger partial charge in [0.05, 0.1) is 25.0 Å². The fourth-order valence-corrected chi connectivity index (χ4v) is 2.75. The maximum atomic E-state index is 10.5. The molecule has 4 nitrogen and oxygen atoms in total. The molecule has 1 aliphatic heterocycles. The van der Waals surface area contributed by atoms with Crippen molar-refractivity contribution in [1.29, 1.82) is 0 Å². The molecule has 0 fully saturated rings. The van der Waals surface area contributed by atoms with E-state index < -0.39 is 6.10 Å². The Bertz CT molecular complexity index is 619. The van der Waals surface area contributed by atoms with Gasteiger partial charge >= 0.3 is 0 Å². The summed E-state index contributed by atoms with van der Waals surface area (Å²) in [6, 6.07) is 8.16. The van der Waals surface area contributed by atoms with Crippen molar-refractivity contribution in [3.63, 3.8) is 0 Å². The predicted molar refractivity (Wildman–Crippen MR) is 76.2 cm³/mol. The number of ether oxygens (including phenoxy) is 1. The van der Waals surface area contributed by atoms with E-state index in [9.17, 15) is 5.11 Å². The summed E-state index contributed by atoms with van der Waals surface area (Å²) < 4.78 is 7.37. The molecule has 0 aliphatic carbocycles. The Morgan fingerprint density at radius 2 is 2.10 bits per heavy atom. The Morgan fingerprint density at radius 3 is 2.90 bits per heavy atom. The second-order valence-corrected chi connectivity index (χ2v) is 5.33. The Labute approximate surface area is 119 Å². The highest BCUT2D eigenvalue weighted by molar-refractivity contribution is 5.34. The first-order valence-corrected chi connectivity index (χ1v) is 7.08. The minimum absolute atomic E-state index is 0.498. The first-order chi connectivity index (χ1) is 9.67. The summed E-state index contributed by atoms with van der Waals surface area (Å²) in [7, 11) is 0. The van der Waals surface area contributed by atoms with E-state index in [2.05, 4.69) is 24.2 Å². The summed E-state index contributed by atoms with van der Waals surface area (Å²) in [5, 5.41) is 14.9. The molecular weight excluding hydrogens is 252 g/mol. The maximum absolute atomic E-state index is 10.5. The first-order valence-electron chi connectivity index (χ1n) is 7.08. The van der Waals surface area contributed by atoms with Crippen molar-refractivity contribution in [3.05, 3.63) is 52.3 Å². The first kappa shape index (κ1) is 13.3. The molecule has 106 valence electrons. The van der Waals surface area contributed by atoms with Gasteiger partial charge in [-0.15, -0.1) is 0 Å². The highest BCUT2D eigenvalue weighted by Gasteiger charge is 2.16. The lowest BCUT2D eigenvalue weighted by Crippen LogP contribution is -2.08. The van der Waals surface area contributed by atoms with E-state index in [1.54, 1.807) is 0 Å². The molecule has 1 aromatic carbocycles. The van der Waals surface area contributed by atoms with Crippen LogP contribution >= 0.6 is 0 Å². The van der Waals surface area contributed by atoms with Crippen LogP contribution in [0, 0.1) is 6.92 Å². The van der Waals surface area contributed by atoms with Crippen molar-refractivity contribution < 1.29 is 9.84 Å². The molecule has 0 spiro atoms. The second-order valence-electron chi connectivity index (χ2n) is 5.33. The number of benzene rings is 1. The molecule has 1 aromatic heterocycles. The summed E-state index contributed by atoms with van der Waals surface area (Å²) >= 11 is 0. The van der Waals surface area contributed by atoms with Crippen LogP contribution in [0.4, 0.5) is 0 Å². The largest absolute Gasteiger partial charge is 0.388 e. The predicted octanol–water partition coefficient (Wildman–Crippen LogP) is 2.52. The zero-order chi connectivity index (χ0) is 14.1. The number of aliphatic hydroxyl groups is 1. The molecule has 4 heteroatoms. The Kier molecular flexibility index (Phi) is 3.59. The summed E-state index contributed by atoms with van der Waals surface area (Å²) in [6.45, 7) is 6.22. The molecule has 2 heterocycles. The molecule has 1 aliphatic rings. The van der Waals surface area contributed by atoms with Crippen LogP contribution in [0.15, 0.2) is 24.3 Å². The van der Waals surface area contributed by atoms with E-state index in [1.807, 2.05) is 23.7 Å². The number of rotatable bonds is 4. The fraction of sp³-hybridized carbons (Fsp3) is 0.438. The topological polar surface area (TPSA) is 47.3 Å². The van der Waals surface area contributed by atoms with Gasteiger partial charge in [-0.1, -0.05) is 18.2 Å². The highest BCUT2D eigenvalue weighted by atomic mass is 16.5. The fourth-order valence-electron chi connectivity index (χ4n) is 2.75. The van der Waals surface area contributed by atoms with Gasteiger partial charge in [-0.3, -0.25) is 4.68 Å². The smallest absolute Gasteiger partial charge is 0.0845 e. The van der Waals surface area contributed by atoms with Crippen molar-refractivity contribution in [3.8, 4) is 0 Å². The standard InChI is InChI=1S/C16H20N2O2/c1-3-18-15(6-11(2)17-18)8-16(19)12-4-5-13-9-20-10-14(13)7-12/h4-7,16,19H,3,8-10H2,1-2H3. The lowest BCUT2D eigenvalue weighted by molar-refractivity contribution is 0.134. The lowest BCUT2D eigenvalue weighted by Gasteiger charge is -2.13. The number of hydrogen-bond donors (Lipinski definition) is 1. The molecule has 1 N–H and O–H groups in total. The van der Waals surface area contributed by atoms with E-state index >= 15 is 0 Å². The number of nitrogens with zero attached hydrogens (tertiary/aromatic N) is 2. The zero-order valence-corrected chi connectivity index (χ0v) is 12.0. The normalized spacial score (nSPS) is 15.3. The molecule has 2 aromatic rings. The molecule has 1 unspecified atom stereocenters. The van der Waals surface area contributed by atoms with E-state index in [0.29, 0.717) is 19.6 Å². The van der Waals surface area contributed by atoms with Gasteiger partial charge in [-0.25, -0.2) is 0 Å². The van der Waals surface area contributed by atoms with Crippen molar-refractivity contribution in [2.45, 2.75) is 46.1 Å². The van der Waals surface area contributed by atoms with E-state index in [1.165, 1.54) is 11.1 Å². The van der Waals surface area contributed by atoms with Crippen LogP contribution in [0.1, 0.15) is 41.1 Å². The molecule has 3 rings (SSSR count). The molecule has 0 bridgehead atoms. The summed E-state index contributed by atoms with van der Waals surface area (Å²) in [6.07, 6.45) is 0.0937. The van der Waals surface area contributed by atoms with Gasteiger partial charge in [0.1, 0.15) is 0 Å². The molecule has 0 amide bonds. The zero-order valence-electron chi connectivity index (χ0n) is 12.0. The van der Waals surface area contributed by atoms with Crippen LogP contribution in [0.5, 0.6) is 0 Å². The monoisotopic (exact) mass is 272 g/mol. The van der Waals surface area contributed by atoms with Gasteiger partial charge in [0.15, 0.2) is 0 Å². The second kappa shape index (κ2) is 5.38. The summed E-state index contributed by atoms with van der Waals surface area (Å²) in [4.78, 5) is 0. The SMILES string of the molecule is CCn1nc(C)cc1CC(O)c1ccc2c(c1)COC2. The maximum Gasteiger partial charge on any atom is 0.0845 e. The van der Waals surface area contributed by atoms with Crippen molar-refractivity contribution in [2.24, 2.45) is 0 Å².